The van der Waals surface area contributed by atoms with Crippen LogP contribution in [-0.2, 0) is 19.1 Å². The molecule has 37 heavy (non-hydrogen) atoms. The van der Waals surface area contributed by atoms with E-state index < -0.39 is 23.9 Å². The van der Waals surface area contributed by atoms with Gasteiger partial charge >= 0.3 is 17.9 Å². The Labute approximate surface area is 215 Å². The predicted molar refractivity (Wildman–Crippen MR) is 136 cm³/mol. The minimum absolute atomic E-state index is 0.168. The summed E-state index contributed by atoms with van der Waals surface area (Å²) in [6.45, 7) is 6.21. The Hall–Kier alpha value is -4.31. The number of benzene rings is 2. The Morgan fingerprint density at radius 2 is 1.54 bits per heavy atom. The topological polar surface area (TPSA) is 113 Å². The highest BCUT2D eigenvalue weighted by Gasteiger charge is 2.33. The molecule has 0 N–H and O–H groups in total. The number of hydrogen-bond acceptors (Lipinski definition) is 9. The molecule has 0 radical (unpaired) electrons. The third kappa shape index (κ3) is 5.59. The number of thiazole rings is 1. The number of esters is 3. The average Bonchev–Trinajstić information content (AvgIpc) is 3.13. The first-order valence-electron chi connectivity index (χ1n) is 11.4. The molecule has 4 rings (SSSR count). The van der Waals surface area contributed by atoms with E-state index >= 15 is 0 Å². The van der Waals surface area contributed by atoms with Crippen molar-refractivity contribution in [3.05, 3.63) is 90.6 Å². The van der Waals surface area contributed by atoms with Gasteiger partial charge in [0.15, 0.2) is 4.80 Å². The third-order valence-electron chi connectivity index (χ3n) is 5.41. The van der Waals surface area contributed by atoms with E-state index in [9.17, 15) is 19.2 Å². The summed E-state index contributed by atoms with van der Waals surface area (Å²) in [7, 11) is 0. The molecule has 0 spiro atoms. The van der Waals surface area contributed by atoms with Crippen molar-refractivity contribution in [2.24, 2.45) is 4.99 Å². The van der Waals surface area contributed by atoms with Gasteiger partial charge in [0.2, 0.25) is 0 Å². The van der Waals surface area contributed by atoms with E-state index in [0.717, 1.165) is 5.56 Å². The number of nitrogens with zero attached hydrogens (tertiary/aromatic N) is 2. The van der Waals surface area contributed by atoms with Crippen LogP contribution in [0.2, 0.25) is 0 Å². The molecule has 0 bridgehead atoms. The molecule has 1 aliphatic heterocycles. The normalized spacial score (nSPS) is 15.0. The zero-order valence-corrected chi connectivity index (χ0v) is 21.5. The van der Waals surface area contributed by atoms with Gasteiger partial charge in [-0.1, -0.05) is 35.6 Å². The van der Waals surface area contributed by atoms with Crippen LogP contribution >= 0.6 is 11.3 Å². The molecule has 10 heteroatoms. The summed E-state index contributed by atoms with van der Waals surface area (Å²) in [6, 6.07) is 12.6. The van der Waals surface area contributed by atoms with Gasteiger partial charge in [-0.2, -0.15) is 0 Å². The van der Waals surface area contributed by atoms with Crippen LogP contribution in [0.15, 0.2) is 69.6 Å². The van der Waals surface area contributed by atoms with Gasteiger partial charge in [-0.25, -0.2) is 9.79 Å². The summed E-state index contributed by atoms with van der Waals surface area (Å²) >= 11 is 1.20. The molecule has 190 valence electrons. The van der Waals surface area contributed by atoms with Crippen LogP contribution in [0.5, 0.6) is 11.5 Å². The fourth-order valence-electron chi connectivity index (χ4n) is 3.94. The van der Waals surface area contributed by atoms with Crippen molar-refractivity contribution in [3.63, 3.8) is 0 Å². The smallest absolute Gasteiger partial charge is 0.338 e. The maximum atomic E-state index is 13.6. The van der Waals surface area contributed by atoms with Gasteiger partial charge in [-0.15, -0.1) is 0 Å². The highest BCUT2D eigenvalue weighted by Crippen LogP contribution is 2.31. The monoisotopic (exact) mass is 520 g/mol. The zero-order valence-electron chi connectivity index (χ0n) is 20.6. The van der Waals surface area contributed by atoms with Crippen molar-refractivity contribution in [2.45, 2.75) is 33.7 Å². The first kappa shape index (κ1) is 25.8. The van der Waals surface area contributed by atoms with E-state index in [1.807, 2.05) is 0 Å². The Balaban J connectivity index is 1.83. The molecule has 1 unspecified atom stereocenters. The lowest BCUT2D eigenvalue weighted by Gasteiger charge is -2.24. The lowest BCUT2D eigenvalue weighted by molar-refractivity contribution is -0.139. The van der Waals surface area contributed by atoms with Crippen LogP contribution < -0.4 is 24.4 Å². The van der Waals surface area contributed by atoms with E-state index in [1.165, 1.54) is 29.8 Å². The second-order valence-corrected chi connectivity index (χ2v) is 9.14. The second kappa shape index (κ2) is 10.8. The summed E-state index contributed by atoms with van der Waals surface area (Å²) in [5, 5.41) is 0. The number of hydrogen-bond donors (Lipinski definition) is 0. The van der Waals surface area contributed by atoms with Crippen molar-refractivity contribution in [3.8, 4) is 11.5 Å². The van der Waals surface area contributed by atoms with Crippen LogP contribution in [0.4, 0.5) is 0 Å². The molecule has 0 saturated heterocycles. The van der Waals surface area contributed by atoms with Crippen LogP contribution in [-0.4, -0.2) is 29.1 Å². The minimum Gasteiger partial charge on any atom is -0.463 e. The maximum Gasteiger partial charge on any atom is 0.338 e. The van der Waals surface area contributed by atoms with Gasteiger partial charge < -0.3 is 14.2 Å². The van der Waals surface area contributed by atoms with Gasteiger partial charge in [0.05, 0.1) is 28.5 Å². The number of rotatable bonds is 6. The molecule has 9 nitrogen and oxygen atoms in total. The Kier molecular flexibility index (Phi) is 7.49. The average molecular weight is 521 g/mol. The molecule has 0 fully saturated rings. The van der Waals surface area contributed by atoms with E-state index in [0.29, 0.717) is 32.1 Å². The molecule has 0 saturated carbocycles. The molecular formula is C27H24N2O7S. The third-order valence-corrected chi connectivity index (χ3v) is 6.40. The number of fused-ring (bicyclic) bond motifs is 1. The number of carbonyl (C=O) groups is 3. The fraction of sp³-hybridized carbons (Fsp3) is 0.222. The van der Waals surface area contributed by atoms with Crippen LogP contribution in [0, 0.1) is 0 Å². The summed E-state index contributed by atoms with van der Waals surface area (Å²) in [6.07, 6.45) is 1.71. The molecule has 2 aromatic carbocycles. The van der Waals surface area contributed by atoms with Crippen molar-refractivity contribution in [1.82, 2.24) is 4.57 Å². The van der Waals surface area contributed by atoms with E-state index in [4.69, 9.17) is 14.2 Å². The molecular weight excluding hydrogens is 496 g/mol. The van der Waals surface area contributed by atoms with Crippen molar-refractivity contribution in [2.75, 3.05) is 6.61 Å². The summed E-state index contributed by atoms with van der Waals surface area (Å²) in [5.41, 5.74) is 1.74. The van der Waals surface area contributed by atoms with E-state index in [2.05, 4.69) is 4.99 Å². The Bertz CT molecular complexity index is 1580. The van der Waals surface area contributed by atoms with Gasteiger partial charge in [0, 0.05) is 13.8 Å². The highest BCUT2D eigenvalue weighted by atomic mass is 32.1. The number of allylic oxidation sites excluding steroid dienone is 1. The zero-order chi connectivity index (χ0) is 26.7. The first-order valence-corrected chi connectivity index (χ1v) is 12.3. The van der Waals surface area contributed by atoms with Gasteiger partial charge in [-0.05, 0) is 55.3 Å². The second-order valence-electron chi connectivity index (χ2n) is 8.13. The highest BCUT2D eigenvalue weighted by molar-refractivity contribution is 7.07. The fourth-order valence-corrected chi connectivity index (χ4v) is 4.99. The molecule has 1 aromatic heterocycles. The summed E-state index contributed by atoms with van der Waals surface area (Å²) in [4.78, 5) is 54.0. The van der Waals surface area contributed by atoms with Crippen molar-refractivity contribution >= 4 is 35.3 Å². The Morgan fingerprint density at radius 1 is 0.973 bits per heavy atom. The SMILES string of the molecule is CCOC(=O)C1=C(C)N=c2sc(=Cc3ccc(OC(C)=O)cc3)c(=O)n2C1c1ccc(OC(C)=O)cc1. The molecule has 1 atom stereocenters. The minimum atomic E-state index is -0.782. The summed E-state index contributed by atoms with van der Waals surface area (Å²) < 4.78 is 17.4. The lowest BCUT2D eigenvalue weighted by atomic mass is 9.96. The van der Waals surface area contributed by atoms with E-state index in [-0.39, 0.29) is 17.7 Å². The number of aromatic nitrogens is 1. The quantitative estimate of drug-likeness (QED) is 0.363. The largest absolute Gasteiger partial charge is 0.463 e. The van der Waals surface area contributed by atoms with Crippen LogP contribution in [0.3, 0.4) is 0 Å². The molecule has 2 heterocycles. The molecule has 3 aromatic rings. The number of ether oxygens (including phenoxy) is 3. The van der Waals surface area contributed by atoms with Gasteiger partial charge in [0.25, 0.3) is 5.56 Å². The Morgan fingerprint density at radius 3 is 2.08 bits per heavy atom. The predicted octanol–water partition coefficient (Wildman–Crippen LogP) is 2.65. The maximum absolute atomic E-state index is 13.6. The standard InChI is InChI=1S/C27H24N2O7S/c1-5-34-26(33)23-15(2)28-27-29(24(23)19-8-12-21(13-9-19)36-17(4)31)25(32)22(37-27)14-18-6-10-20(11-7-18)35-16(3)30/h6-14,24H,5H2,1-4H3. The number of carbonyl (C=O) groups excluding carboxylic acids is 3. The van der Waals surface area contributed by atoms with Crippen LogP contribution in [0.25, 0.3) is 6.08 Å². The van der Waals surface area contributed by atoms with Crippen molar-refractivity contribution < 1.29 is 28.6 Å². The van der Waals surface area contributed by atoms with Crippen LogP contribution in [0.1, 0.15) is 44.9 Å². The first-order chi connectivity index (χ1) is 17.7. The lowest BCUT2D eigenvalue weighted by Crippen LogP contribution is -2.39. The molecule has 0 amide bonds. The van der Waals surface area contributed by atoms with Gasteiger partial charge in [-0.3, -0.25) is 19.0 Å². The van der Waals surface area contributed by atoms with E-state index in [1.54, 1.807) is 68.5 Å². The molecule has 0 aliphatic carbocycles. The van der Waals surface area contributed by atoms with Crippen molar-refractivity contribution in [1.29, 1.82) is 0 Å². The molecule has 1 aliphatic rings. The van der Waals surface area contributed by atoms with Gasteiger partial charge in [0.1, 0.15) is 11.5 Å². The summed E-state index contributed by atoms with van der Waals surface area (Å²) in [5.74, 6) is -0.690.